The third-order valence-corrected chi connectivity index (χ3v) is 4.92. The van der Waals surface area contributed by atoms with Crippen molar-refractivity contribution in [3.05, 3.63) is 102 Å². The van der Waals surface area contributed by atoms with Crippen LogP contribution in [0.4, 0.5) is 5.69 Å². The van der Waals surface area contributed by atoms with Crippen molar-refractivity contribution in [3.63, 3.8) is 0 Å². The zero-order chi connectivity index (χ0) is 21.2. The topological polar surface area (TPSA) is 58.2 Å². The number of amides is 2. The summed E-state index contributed by atoms with van der Waals surface area (Å²) in [6.45, 7) is 1.95. The summed E-state index contributed by atoms with van der Waals surface area (Å²) in [6, 6.07) is 27.1. The molecule has 0 unspecified atom stereocenters. The van der Waals surface area contributed by atoms with Crippen LogP contribution in [0.3, 0.4) is 0 Å². The van der Waals surface area contributed by atoms with Gasteiger partial charge in [0.1, 0.15) is 6.04 Å². The van der Waals surface area contributed by atoms with E-state index in [-0.39, 0.29) is 11.8 Å². The predicted octanol–water partition coefficient (Wildman–Crippen LogP) is 4.74. The Labute approximate surface area is 178 Å². The maximum Gasteiger partial charge on any atom is 0.247 e. The highest BCUT2D eigenvalue weighted by Crippen LogP contribution is 2.20. The Balaban J connectivity index is 1.77. The molecule has 2 amide bonds. The molecule has 0 aromatic heterocycles. The minimum Gasteiger partial charge on any atom is -0.344 e. The SMILES string of the molecule is CCCC(=O)N[C@H](Cc1ccccc1)C(=O)Nc1ccccc1Cc1ccccc1. The number of nitrogens with one attached hydrogen (secondary N) is 2. The Kier molecular flexibility index (Phi) is 7.78. The van der Waals surface area contributed by atoms with Gasteiger partial charge in [-0.3, -0.25) is 9.59 Å². The summed E-state index contributed by atoms with van der Waals surface area (Å²) in [4.78, 5) is 25.4. The molecule has 3 aromatic carbocycles. The second-order valence-corrected chi connectivity index (χ2v) is 7.37. The first-order valence-corrected chi connectivity index (χ1v) is 10.4. The summed E-state index contributed by atoms with van der Waals surface area (Å²) in [5.74, 6) is -0.310. The fourth-order valence-electron chi connectivity index (χ4n) is 3.38. The van der Waals surface area contributed by atoms with Crippen LogP contribution in [0.2, 0.25) is 0 Å². The Morgan fingerprint density at radius 1 is 0.800 bits per heavy atom. The van der Waals surface area contributed by atoms with Gasteiger partial charge in [0.15, 0.2) is 0 Å². The second kappa shape index (κ2) is 11.0. The molecule has 3 aromatic rings. The molecule has 0 aliphatic rings. The molecule has 0 radical (unpaired) electrons. The van der Waals surface area contributed by atoms with Crippen molar-refractivity contribution < 1.29 is 9.59 Å². The van der Waals surface area contributed by atoms with Crippen LogP contribution in [0, 0.1) is 0 Å². The molecule has 154 valence electrons. The van der Waals surface area contributed by atoms with Gasteiger partial charge in [-0.1, -0.05) is 85.8 Å². The van der Waals surface area contributed by atoms with Crippen molar-refractivity contribution in [3.8, 4) is 0 Å². The molecule has 30 heavy (non-hydrogen) atoms. The van der Waals surface area contributed by atoms with Crippen molar-refractivity contribution in [2.45, 2.75) is 38.6 Å². The molecule has 2 N–H and O–H groups in total. The molecule has 0 fully saturated rings. The van der Waals surface area contributed by atoms with Gasteiger partial charge in [0.05, 0.1) is 0 Å². The highest BCUT2D eigenvalue weighted by Gasteiger charge is 2.22. The van der Waals surface area contributed by atoms with Crippen LogP contribution in [0.1, 0.15) is 36.5 Å². The number of rotatable bonds is 9. The van der Waals surface area contributed by atoms with E-state index in [1.54, 1.807) is 0 Å². The minimum atomic E-state index is -0.628. The highest BCUT2D eigenvalue weighted by atomic mass is 16.2. The van der Waals surface area contributed by atoms with Crippen LogP contribution in [0.5, 0.6) is 0 Å². The van der Waals surface area contributed by atoms with Gasteiger partial charge in [-0.05, 0) is 35.6 Å². The summed E-state index contributed by atoms with van der Waals surface area (Å²) < 4.78 is 0. The fraction of sp³-hybridized carbons (Fsp3) is 0.231. The van der Waals surface area contributed by atoms with E-state index >= 15 is 0 Å². The minimum absolute atomic E-state index is 0.105. The smallest absolute Gasteiger partial charge is 0.247 e. The van der Waals surface area contributed by atoms with Gasteiger partial charge < -0.3 is 10.6 Å². The van der Waals surface area contributed by atoms with E-state index in [4.69, 9.17) is 0 Å². The summed E-state index contributed by atoms with van der Waals surface area (Å²) in [5.41, 5.74) is 3.99. The summed E-state index contributed by atoms with van der Waals surface area (Å²) in [6.07, 6.45) is 2.32. The van der Waals surface area contributed by atoms with Crippen molar-refractivity contribution in [2.24, 2.45) is 0 Å². The Bertz CT molecular complexity index is 955. The first kappa shape index (κ1) is 21.3. The molecule has 0 spiro atoms. The number of benzene rings is 3. The third kappa shape index (κ3) is 6.31. The molecule has 4 nitrogen and oxygen atoms in total. The first-order chi connectivity index (χ1) is 14.7. The van der Waals surface area contributed by atoms with Gasteiger partial charge in [0.25, 0.3) is 0 Å². The lowest BCUT2D eigenvalue weighted by Gasteiger charge is -2.20. The quantitative estimate of drug-likeness (QED) is 0.545. The maximum atomic E-state index is 13.1. The first-order valence-electron chi connectivity index (χ1n) is 10.4. The number of hydrogen-bond donors (Lipinski definition) is 2. The fourth-order valence-corrected chi connectivity index (χ4v) is 3.38. The van der Waals surface area contributed by atoms with Crippen LogP contribution in [0.25, 0.3) is 0 Å². The van der Waals surface area contributed by atoms with E-state index in [0.29, 0.717) is 12.8 Å². The summed E-state index contributed by atoms with van der Waals surface area (Å²) in [5, 5.41) is 5.95. The highest BCUT2D eigenvalue weighted by molar-refractivity contribution is 5.98. The van der Waals surface area contributed by atoms with E-state index < -0.39 is 6.04 Å². The number of carbonyl (C=O) groups is 2. The average molecular weight is 401 g/mol. The average Bonchev–Trinajstić information content (AvgIpc) is 2.76. The predicted molar refractivity (Wildman–Crippen MR) is 121 cm³/mol. The lowest BCUT2D eigenvalue weighted by Crippen LogP contribution is -2.45. The number of anilines is 1. The molecule has 1 atom stereocenters. The molecular formula is C26H28N2O2. The van der Waals surface area contributed by atoms with Gasteiger partial charge >= 0.3 is 0 Å². The second-order valence-electron chi connectivity index (χ2n) is 7.37. The Morgan fingerprint density at radius 2 is 1.40 bits per heavy atom. The van der Waals surface area contributed by atoms with Crippen molar-refractivity contribution in [1.29, 1.82) is 0 Å². The monoisotopic (exact) mass is 400 g/mol. The van der Waals surface area contributed by atoms with E-state index in [0.717, 1.165) is 29.7 Å². The lowest BCUT2D eigenvalue weighted by atomic mass is 10.0. The molecule has 0 heterocycles. The molecule has 0 aliphatic heterocycles. The maximum absolute atomic E-state index is 13.1. The number of hydrogen-bond acceptors (Lipinski definition) is 2. The molecule has 0 saturated carbocycles. The van der Waals surface area contributed by atoms with Gasteiger partial charge in [-0.25, -0.2) is 0 Å². The van der Waals surface area contributed by atoms with Crippen LogP contribution < -0.4 is 10.6 Å². The molecule has 0 aliphatic carbocycles. The molecule has 4 heteroatoms. The summed E-state index contributed by atoms with van der Waals surface area (Å²) in [7, 11) is 0. The van der Waals surface area contributed by atoms with Gasteiger partial charge in [0, 0.05) is 18.5 Å². The summed E-state index contributed by atoms with van der Waals surface area (Å²) >= 11 is 0. The van der Waals surface area contributed by atoms with Crippen LogP contribution in [-0.4, -0.2) is 17.9 Å². The van der Waals surface area contributed by atoms with Gasteiger partial charge in [-0.2, -0.15) is 0 Å². The Morgan fingerprint density at radius 3 is 2.07 bits per heavy atom. The standard InChI is InChI=1S/C26H28N2O2/c1-2-11-25(29)27-24(19-21-14-7-4-8-15-21)26(30)28-23-17-10-9-16-22(23)18-20-12-5-3-6-13-20/h3-10,12-17,24H,2,11,18-19H2,1H3,(H,27,29)(H,28,30)/t24-/m1/s1. The normalized spacial score (nSPS) is 11.5. The Hall–Kier alpha value is -3.40. The largest absolute Gasteiger partial charge is 0.344 e. The van der Waals surface area contributed by atoms with Crippen molar-refractivity contribution in [1.82, 2.24) is 5.32 Å². The zero-order valence-corrected chi connectivity index (χ0v) is 17.3. The van der Waals surface area contributed by atoms with Gasteiger partial charge in [-0.15, -0.1) is 0 Å². The molecular weight excluding hydrogens is 372 g/mol. The van der Waals surface area contributed by atoms with E-state index in [1.165, 1.54) is 5.56 Å². The molecule has 3 rings (SSSR count). The molecule has 0 bridgehead atoms. The van der Waals surface area contributed by atoms with Crippen LogP contribution in [-0.2, 0) is 22.4 Å². The van der Waals surface area contributed by atoms with Crippen LogP contribution >= 0.6 is 0 Å². The number of carbonyl (C=O) groups excluding carboxylic acids is 2. The number of para-hydroxylation sites is 1. The van der Waals surface area contributed by atoms with E-state index in [1.807, 2.05) is 79.7 Å². The molecule has 0 saturated heterocycles. The van der Waals surface area contributed by atoms with Crippen LogP contribution in [0.15, 0.2) is 84.9 Å². The van der Waals surface area contributed by atoms with Crippen molar-refractivity contribution in [2.75, 3.05) is 5.32 Å². The third-order valence-electron chi connectivity index (χ3n) is 4.92. The zero-order valence-electron chi connectivity index (χ0n) is 17.3. The van der Waals surface area contributed by atoms with E-state index in [9.17, 15) is 9.59 Å². The lowest BCUT2D eigenvalue weighted by molar-refractivity contribution is -0.126. The van der Waals surface area contributed by atoms with E-state index in [2.05, 4.69) is 22.8 Å². The van der Waals surface area contributed by atoms with Crippen molar-refractivity contribution >= 4 is 17.5 Å². The van der Waals surface area contributed by atoms with Gasteiger partial charge in [0.2, 0.25) is 11.8 Å².